The molecule has 0 atom stereocenters. The van der Waals surface area contributed by atoms with E-state index in [2.05, 4.69) is 174 Å². The molecule has 2 heterocycles. The quantitative estimate of drug-likeness (QED) is 0.206. The van der Waals surface area contributed by atoms with E-state index in [-0.39, 0.29) is 0 Å². The van der Waals surface area contributed by atoms with E-state index in [0.717, 1.165) is 39.0 Å². The molecule has 3 nitrogen and oxygen atoms in total. The fourth-order valence-electron chi connectivity index (χ4n) is 7.51. The van der Waals surface area contributed by atoms with Crippen LogP contribution in [0.4, 0.5) is 11.4 Å². The van der Waals surface area contributed by atoms with E-state index in [1.165, 1.54) is 54.8 Å². The minimum atomic E-state index is 0.876. The third-order valence-corrected chi connectivity index (χ3v) is 9.77. The molecule has 10 aromatic rings. The number of nitrogens with one attached hydrogen (secondary N) is 1. The van der Waals surface area contributed by atoms with Gasteiger partial charge in [0.05, 0.1) is 16.7 Å². The fourth-order valence-corrected chi connectivity index (χ4v) is 7.51. The average Bonchev–Trinajstić information content (AvgIpc) is 3.73. The van der Waals surface area contributed by atoms with E-state index in [1.54, 1.807) is 0 Å². The first kappa shape index (κ1) is 27.5. The van der Waals surface area contributed by atoms with Gasteiger partial charge in [0.25, 0.3) is 0 Å². The van der Waals surface area contributed by atoms with Gasteiger partial charge in [-0.1, -0.05) is 133 Å². The zero-order valence-electron chi connectivity index (χ0n) is 26.6. The first-order chi connectivity index (χ1) is 24.3. The smallest absolute Gasteiger partial charge is 0.159 e. The van der Waals surface area contributed by atoms with Gasteiger partial charge in [-0.3, -0.25) is 0 Å². The highest BCUT2D eigenvalue weighted by atomic mass is 16.3. The molecule has 0 amide bonds. The van der Waals surface area contributed by atoms with E-state index >= 15 is 0 Å². The lowest BCUT2D eigenvalue weighted by Gasteiger charge is -2.12. The van der Waals surface area contributed by atoms with Gasteiger partial charge in [0.1, 0.15) is 5.58 Å². The Morgan fingerprint density at radius 1 is 0.469 bits per heavy atom. The molecule has 0 radical (unpaired) electrons. The van der Waals surface area contributed by atoms with Crippen molar-refractivity contribution in [2.75, 3.05) is 5.32 Å². The van der Waals surface area contributed by atoms with Crippen LogP contribution < -0.4 is 5.32 Å². The van der Waals surface area contributed by atoms with Crippen molar-refractivity contribution in [1.29, 1.82) is 0 Å². The summed E-state index contributed by atoms with van der Waals surface area (Å²) in [7, 11) is 0. The van der Waals surface area contributed by atoms with Crippen molar-refractivity contribution >= 4 is 65.9 Å². The summed E-state index contributed by atoms with van der Waals surface area (Å²) in [5.41, 5.74) is 12.1. The van der Waals surface area contributed by atoms with Crippen LogP contribution in [0.2, 0.25) is 0 Å². The minimum absolute atomic E-state index is 0.876. The Morgan fingerprint density at radius 3 is 1.92 bits per heavy atom. The summed E-state index contributed by atoms with van der Waals surface area (Å²) in [4.78, 5) is 0. The van der Waals surface area contributed by atoms with E-state index < -0.39 is 0 Å². The van der Waals surface area contributed by atoms with Crippen molar-refractivity contribution in [1.82, 2.24) is 4.57 Å². The highest BCUT2D eigenvalue weighted by Crippen LogP contribution is 2.41. The number of rotatable bonds is 5. The van der Waals surface area contributed by atoms with Gasteiger partial charge < -0.3 is 14.3 Å². The molecule has 230 valence electrons. The maximum atomic E-state index is 6.42. The van der Waals surface area contributed by atoms with Crippen LogP contribution in [0.1, 0.15) is 0 Å². The molecule has 0 aliphatic heterocycles. The Labute approximate surface area is 283 Å². The van der Waals surface area contributed by atoms with Gasteiger partial charge in [0.15, 0.2) is 5.58 Å². The summed E-state index contributed by atoms with van der Waals surface area (Å²) >= 11 is 0. The number of fused-ring (bicyclic) bond motifs is 8. The molecule has 2 aromatic heterocycles. The van der Waals surface area contributed by atoms with Gasteiger partial charge in [-0.15, -0.1) is 0 Å². The monoisotopic (exact) mass is 626 g/mol. The third kappa shape index (κ3) is 4.44. The second kappa shape index (κ2) is 11.0. The highest BCUT2D eigenvalue weighted by Gasteiger charge is 2.17. The maximum absolute atomic E-state index is 6.42. The second-order valence-corrected chi connectivity index (χ2v) is 12.6. The summed E-state index contributed by atoms with van der Waals surface area (Å²) in [6.45, 7) is 0. The standard InChI is InChI=1S/C46H30N2O/c1-2-12-35(13-3-1)48-42-19-8-6-15-38(42)39-18-10-17-37(45(39)48)32-23-21-30(22-24-32)31-25-27-34(28-26-31)47-41-29-33-11-4-5-14-36(33)44-40-16-7-9-20-43(40)49-46(41)44/h1-29,47H. The molecule has 0 bridgehead atoms. The number of aromatic nitrogens is 1. The van der Waals surface area contributed by atoms with Crippen molar-refractivity contribution < 1.29 is 4.42 Å². The highest BCUT2D eigenvalue weighted by molar-refractivity contribution is 6.22. The fraction of sp³-hybridized carbons (Fsp3) is 0. The van der Waals surface area contributed by atoms with Gasteiger partial charge >= 0.3 is 0 Å². The number of benzene rings is 8. The van der Waals surface area contributed by atoms with Gasteiger partial charge in [-0.05, 0) is 69.9 Å². The lowest BCUT2D eigenvalue weighted by Crippen LogP contribution is -1.95. The molecular formula is C46H30N2O. The summed E-state index contributed by atoms with van der Waals surface area (Å²) in [5, 5.41) is 10.8. The van der Waals surface area contributed by atoms with Crippen LogP contribution in [0.15, 0.2) is 180 Å². The van der Waals surface area contributed by atoms with E-state index in [9.17, 15) is 0 Å². The first-order valence-corrected chi connectivity index (χ1v) is 16.7. The molecular weight excluding hydrogens is 597 g/mol. The van der Waals surface area contributed by atoms with Crippen LogP contribution in [0.3, 0.4) is 0 Å². The molecule has 0 aliphatic rings. The largest absolute Gasteiger partial charge is 0.454 e. The van der Waals surface area contributed by atoms with Crippen LogP contribution in [-0.4, -0.2) is 4.57 Å². The van der Waals surface area contributed by atoms with Crippen molar-refractivity contribution in [3.8, 4) is 27.9 Å². The van der Waals surface area contributed by atoms with Crippen molar-refractivity contribution in [3.05, 3.63) is 176 Å². The molecule has 1 N–H and O–H groups in total. The zero-order chi connectivity index (χ0) is 32.3. The predicted octanol–water partition coefficient (Wildman–Crippen LogP) is 12.9. The maximum Gasteiger partial charge on any atom is 0.159 e. The van der Waals surface area contributed by atoms with Crippen LogP contribution >= 0.6 is 0 Å². The van der Waals surface area contributed by atoms with Gasteiger partial charge in [-0.25, -0.2) is 0 Å². The molecule has 0 unspecified atom stereocenters. The molecule has 0 saturated heterocycles. The Morgan fingerprint density at radius 2 is 1.10 bits per heavy atom. The zero-order valence-corrected chi connectivity index (χ0v) is 26.6. The van der Waals surface area contributed by atoms with E-state index in [4.69, 9.17) is 4.42 Å². The minimum Gasteiger partial charge on any atom is -0.454 e. The normalized spacial score (nSPS) is 11.7. The summed E-state index contributed by atoms with van der Waals surface area (Å²) in [6.07, 6.45) is 0. The van der Waals surface area contributed by atoms with Gasteiger partial charge in [0.2, 0.25) is 0 Å². The van der Waals surface area contributed by atoms with Crippen LogP contribution in [0.5, 0.6) is 0 Å². The van der Waals surface area contributed by atoms with Crippen LogP contribution in [0, 0.1) is 0 Å². The van der Waals surface area contributed by atoms with Crippen molar-refractivity contribution in [3.63, 3.8) is 0 Å². The lowest BCUT2D eigenvalue weighted by molar-refractivity contribution is 0.670. The number of furan rings is 1. The lowest BCUT2D eigenvalue weighted by atomic mass is 9.98. The first-order valence-electron chi connectivity index (χ1n) is 16.7. The number of hydrogen-bond donors (Lipinski definition) is 1. The molecule has 0 fully saturated rings. The average molecular weight is 627 g/mol. The van der Waals surface area contributed by atoms with E-state index in [0.29, 0.717) is 0 Å². The van der Waals surface area contributed by atoms with Crippen LogP contribution in [-0.2, 0) is 0 Å². The summed E-state index contributed by atoms with van der Waals surface area (Å²) in [6, 6.07) is 62.6. The number of nitrogens with zero attached hydrogens (tertiary/aromatic N) is 1. The number of anilines is 2. The molecule has 10 rings (SSSR count). The number of hydrogen-bond acceptors (Lipinski definition) is 2. The topological polar surface area (TPSA) is 30.1 Å². The summed E-state index contributed by atoms with van der Waals surface area (Å²) < 4.78 is 8.81. The summed E-state index contributed by atoms with van der Waals surface area (Å²) in [5.74, 6) is 0. The Bertz CT molecular complexity index is 2820. The molecule has 0 spiro atoms. The third-order valence-electron chi connectivity index (χ3n) is 9.77. The second-order valence-electron chi connectivity index (χ2n) is 12.6. The molecule has 49 heavy (non-hydrogen) atoms. The Kier molecular flexibility index (Phi) is 6.18. The predicted molar refractivity (Wildman–Crippen MR) is 206 cm³/mol. The Hall–Kier alpha value is -6.58. The SMILES string of the molecule is c1ccc(-n2c3ccccc3c3cccc(-c4ccc(-c5ccc(Nc6cc7ccccc7c7c6oc6ccccc67)cc5)cc4)c32)cc1. The van der Waals surface area contributed by atoms with Crippen molar-refractivity contribution in [2.24, 2.45) is 0 Å². The molecule has 0 aliphatic carbocycles. The van der Waals surface area contributed by atoms with Crippen LogP contribution in [0.25, 0.3) is 82.5 Å². The Balaban J connectivity index is 1.00. The molecule has 3 heteroatoms. The van der Waals surface area contributed by atoms with E-state index in [1.807, 2.05) is 12.1 Å². The molecule has 8 aromatic carbocycles. The van der Waals surface area contributed by atoms with Crippen molar-refractivity contribution in [2.45, 2.75) is 0 Å². The van der Waals surface area contributed by atoms with Gasteiger partial charge in [-0.2, -0.15) is 0 Å². The number of para-hydroxylation sites is 4. The molecule has 0 saturated carbocycles. The van der Waals surface area contributed by atoms with Gasteiger partial charge in [0, 0.05) is 38.5 Å².